The topological polar surface area (TPSA) is 61.2 Å². The number of ether oxygens (including phenoxy) is 1. The van der Waals surface area contributed by atoms with Crippen LogP contribution in [0.15, 0.2) is 54.7 Å². The summed E-state index contributed by atoms with van der Waals surface area (Å²) in [7, 11) is 3.94. The van der Waals surface area contributed by atoms with Crippen LogP contribution in [0.25, 0.3) is 16.4 Å². The molecule has 0 bridgehead atoms. The smallest absolute Gasteiger partial charge is 0.245 e. The van der Waals surface area contributed by atoms with E-state index >= 15 is 0 Å². The Balaban J connectivity index is 1.16. The number of aromatic nitrogens is 3. The summed E-state index contributed by atoms with van der Waals surface area (Å²) in [5.41, 5.74) is 4.10. The number of rotatable bonds is 5. The lowest BCUT2D eigenvalue weighted by Gasteiger charge is -2.42. The molecular weight excluding hydrogens is 438 g/mol. The summed E-state index contributed by atoms with van der Waals surface area (Å²) in [5.74, 6) is 1.34. The number of nitrogens with one attached hydrogen (secondary N) is 1. The van der Waals surface area contributed by atoms with Crippen molar-refractivity contribution in [3.63, 3.8) is 0 Å². The summed E-state index contributed by atoms with van der Waals surface area (Å²) >= 11 is 0. The number of nitrogens with zero attached hydrogens (tertiary/aromatic N) is 6. The van der Waals surface area contributed by atoms with Crippen molar-refractivity contribution in [1.29, 1.82) is 0 Å². The summed E-state index contributed by atoms with van der Waals surface area (Å²) < 4.78 is 7.68. The highest BCUT2D eigenvalue weighted by atomic mass is 16.5. The maximum Gasteiger partial charge on any atom is 0.245 e. The van der Waals surface area contributed by atoms with E-state index in [0.29, 0.717) is 12.0 Å². The summed E-state index contributed by atoms with van der Waals surface area (Å²) in [4.78, 5) is 12.1. The van der Waals surface area contributed by atoms with E-state index in [2.05, 4.69) is 68.4 Å². The van der Waals surface area contributed by atoms with Crippen molar-refractivity contribution in [1.82, 2.24) is 24.4 Å². The van der Waals surface area contributed by atoms with Gasteiger partial charge in [-0.1, -0.05) is 18.2 Å². The van der Waals surface area contributed by atoms with Crippen LogP contribution in [0, 0.1) is 0 Å². The molecule has 0 aliphatic carbocycles. The van der Waals surface area contributed by atoms with E-state index in [9.17, 15) is 0 Å². The average molecular weight is 472 g/mol. The first kappa shape index (κ1) is 22.1. The fourth-order valence-corrected chi connectivity index (χ4v) is 5.45. The predicted octanol–water partition coefficient (Wildman–Crippen LogP) is 3.85. The SMILES string of the molecule is COc1cc(N2CCC(N3CCN(C)CC3)CC2)ccc1Nc1ncc2cc3ccccc3n2n1. The summed E-state index contributed by atoms with van der Waals surface area (Å²) in [6.07, 6.45) is 4.27. The van der Waals surface area contributed by atoms with Gasteiger partial charge in [-0.05, 0) is 44.2 Å². The number of piperazine rings is 1. The zero-order valence-electron chi connectivity index (χ0n) is 20.5. The van der Waals surface area contributed by atoms with Gasteiger partial charge in [0.15, 0.2) is 0 Å². The summed E-state index contributed by atoms with van der Waals surface area (Å²) in [6, 6.07) is 17.4. The van der Waals surface area contributed by atoms with Gasteiger partial charge in [0.2, 0.25) is 5.95 Å². The molecule has 0 spiro atoms. The molecule has 0 saturated carbocycles. The van der Waals surface area contributed by atoms with Crippen LogP contribution in [0.1, 0.15) is 12.8 Å². The number of hydrogen-bond donors (Lipinski definition) is 1. The van der Waals surface area contributed by atoms with E-state index in [4.69, 9.17) is 9.84 Å². The molecule has 6 rings (SSSR count). The molecule has 0 radical (unpaired) electrons. The van der Waals surface area contributed by atoms with E-state index in [-0.39, 0.29) is 0 Å². The number of hydrogen-bond acceptors (Lipinski definition) is 7. The maximum absolute atomic E-state index is 5.75. The zero-order chi connectivity index (χ0) is 23.8. The van der Waals surface area contributed by atoms with Crippen molar-refractivity contribution >= 4 is 33.7 Å². The summed E-state index contributed by atoms with van der Waals surface area (Å²) in [6.45, 7) is 6.91. The third-order valence-corrected chi connectivity index (χ3v) is 7.54. The van der Waals surface area contributed by atoms with Gasteiger partial charge < -0.3 is 19.9 Å². The first-order valence-electron chi connectivity index (χ1n) is 12.5. The number of likely N-dealkylation sites (N-methyl/N-ethyl adjacent to an activating group) is 1. The monoisotopic (exact) mass is 471 g/mol. The highest BCUT2D eigenvalue weighted by Gasteiger charge is 2.27. The molecule has 1 N–H and O–H groups in total. The van der Waals surface area contributed by atoms with Crippen LogP contribution in [0.2, 0.25) is 0 Å². The molecule has 8 heteroatoms. The van der Waals surface area contributed by atoms with Gasteiger partial charge in [0, 0.05) is 62.5 Å². The minimum absolute atomic E-state index is 0.540. The maximum atomic E-state index is 5.75. The standard InChI is InChI=1S/C27H33N7O/c1-31-13-15-33(16-14-31)21-9-11-32(12-10-21)22-7-8-24(26(18-22)35-2)29-27-28-19-23-17-20-5-3-4-6-25(20)34(23)30-27/h3-8,17-19,21H,9-16H2,1-2H3,(H,29,30). The summed E-state index contributed by atoms with van der Waals surface area (Å²) in [5, 5.41) is 9.23. The molecule has 2 fully saturated rings. The van der Waals surface area contributed by atoms with Gasteiger partial charge in [0.05, 0.1) is 30.0 Å². The van der Waals surface area contributed by atoms with Crippen LogP contribution in [0.3, 0.4) is 0 Å². The Hall–Kier alpha value is -3.36. The number of anilines is 3. The molecule has 0 atom stereocenters. The lowest BCUT2D eigenvalue weighted by atomic mass is 10.0. The highest BCUT2D eigenvalue weighted by molar-refractivity contribution is 5.86. The molecular formula is C27H33N7O. The molecule has 4 heterocycles. The lowest BCUT2D eigenvalue weighted by Crippen LogP contribution is -2.52. The first-order chi connectivity index (χ1) is 17.2. The van der Waals surface area contributed by atoms with Crippen molar-refractivity contribution in [2.75, 3.05) is 63.6 Å². The van der Waals surface area contributed by atoms with Crippen molar-refractivity contribution < 1.29 is 4.74 Å². The molecule has 2 aromatic carbocycles. The molecule has 35 heavy (non-hydrogen) atoms. The Labute approximate surface area is 206 Å². The normalized spacial score (nSPS) is 18.4. The Kier molecular flexibility index (Phi) is 5.91. The predicted molar refractivity (Wildman–Crippen MR) is 141 cm³/mol. The van der Waals surface area contributed by atoms with Gasteiger partial charge in [-0.25, -0.2) is 9.50 Å². The number of para-hydroxylation sites is 1. The Bertz CT molecular complexity index is 1320. The minimum Gasteiger partial charge on any atom is -0.494 e. The van der Waals surface area contributed by atoms with E-state index in [1.807, 2.05) is 22.8 Å². The molecule has 8 nitrogen and oxygen atoms in total. The Morgan fingerprint density at radius 1 is 0.943 bits per heavy atom. The van der Waals surface area contributed by atoms with Gasteiger partial charge in [-0.15, -0.1) is 5.10 Å². The van der Waals surface area contributed by atoms with E-state index in [1.165, 1.54) is 44.7 Å². The second-order valence-electron chi connectivity index (χ2n) is 9.69. The molecule has 2 aliphatic heterocycles. The minimum atomic E-state index is 0.540. The molecule has 2 aliphatic rings. The van der Waals surface area contributed by atoms with Gasteiger partial charge in [-0.3, -0.25) is 4.90 Å². The van der Waals surface area contributed by atoms with Gasteiger partial charge in [-0.2, -0.15) is 0 Å². The molecule has 2 saturated heterocycles. The van der Waals surface area contributed by atoms with Crippen LogP contribution >= 0.6 is 0 Å². The quantitative estimate of drug-likeness (QED) is 0.474. The van der Waals surface area contributed by atoms with E-state index < -0.39 is 0 Å². The fourth-order valence-electron chi connectivity index (χ4n) is 5.45. The molecule has 2 aromatic heterocycles. The van der Waals surface area contributed by atoms with Crippen molar-refractivity contribution in [2.24, 2.45) is 0 Å². The highest BCUT2D eigenvalue weighted by Crippen LogP contribution is 2.33. The van der Waals surface area contributed by atoms with Gasteiger partial charge in [0.25, 0.3) is 0 Å². The first-order valence-corrected chi connectivity index (χ1v) is 12.5. The molecule has 0 amide bonds. The zero-order valence-corrected chi connectivity index (χ0v) is 20.5. The van der Waals surface area contributed by atoms with E-state index in [1.54, 1.807) is 7.11 Å². The third-order valence-electron chi connectivity index (χ3n) is 7.54. The van der Waals surface area contributed by atoms with Crippen LogP contribution in [-0.4, -0.2) is 83.9 Å². The Morgan fingerprint density at radius 2 is 1.74 bits per heavy atom. The molecule has 0 unspecified atom stereocenters. The largest absolute Gasteiger partial charge is 0.494 e. The van der Waals surface area contributed by atoms with Crippen molar-refractivity contribution in [3.8, 4) is 5.75 Å². The van der Waals surface area contributed by atoms with E-state index in [0.717, 1.165) is 40.9 Å². The number of fused-ring (bicyclic) bond motifs is 3. The van der Waals surface area contributed by atoms with Crippen LogP contribution in [0.4, 0.5) is 17.3 Å². The van der Waals surface area contributed by atoms with Crippen LogP contribution in [0.5, 0.6) is 5.75 Å². The molecule has 4 aromatic rings. The van der Waals surface area contributed by atoms with Crippen LogP contribution in [-0.2, 0) is 0 Å². The number of methoxy groups -OCH3 is 1. The van der Waals surface area contributed by atoms with Gasteiger partial charge >= 0.3 is 0 Å². The Morgan fingerprint density at radius 3 is 2.54 bits per heavy atom. The van der Waals surface area contributed by atoms with Crippen LogP contribution < -0.4 is 15.0 Å². The lowest BCUT2D eigenvalue weighted by molar-refractivity contribution is 0.0982. The van der Waals surface area contributed by atoms with Crippen molar-refractivity contribution in [3.05, 3.63) is 54.7 Å². The second-order valence-corrected chi connectivity index (χ2v) is 9.69. The van der Waals surface area contributed by atoms with Crippen molar-refractivity contribution in [2.45, 2.75) is 18.9 Å². The second kappa shape index (κ2) is 9.36. The number of piperidine rings is 1. The van der Waals surface area contributed by atoms with Gasteiger partial charge in [0.1, 0.15) is 5.75 Å². The fraction of sp³-hybridized carbons (Fsp3) is 0.407. The number of benzene rings is 2. The average Bonchev–Trinajstić information content (AvgIpc) is 3.27. The molecule has 182 valence electrons. The third kappa shape index (κ3) is 4.39.